The second kappa shape index (κ2) is 8.38. The fraction of sp³-hybridized carbons (Fsp3) is 0.450. The molecule has 0 bridgehead atoms. The van der Waals surface area contributed by atoms with Crippen molar-refractivity contribution < 1.29 is 13.9 Å². The average Bonchev–Trinajstić information content (AvgIpc) is 3.34. The minimum absolute atomic E-state index is 0.00631. The van der Waals surface area contributed by atoms with Gasteiger partial charge in [-0.3, -0.25) is 9.38 Å². The van der Waals surface area contributed by atoms with Crippen LogP contribution in [-0.4, -0.2) is 43.6 Å². The number of aromatic nitrogens is 4. The average molecular weight is 404 g/mol. The fourth-order valence-electron chi connectivity index (χ4n) is 3.10. The lowest BCUT2D eigenvalue weighted by molar-refractivity contribution is 0.0734. The molecule has 0 amide bonds. The first kappa shape index (κ1) is 21.1. The van der Waals surface area contributed by atoms with Gasteiger partial charge in [-0.05, 0) is 26.8 Å². The van der Waals surface area contributed by atoms with Gasteiger partial charge in [0.2, 0.25) is 0 Å². The molecule has 1 aliphatic heterocycles. The van der Waals surface area contributed by atoms with Crippen LogP contribution in [-0.2, 0) is 5.60 Å². The molecule has 3 aromatic heterocycles. The van der Waals surface area contributed by atoms with Crippen LogP contribution in [0.4, 0.5) is 14.6 Å². The Hall–Kier alpha value is -2.65. The molecular weight excluding hydrogens is 378 g/mol. The highest BCUT2D eigenvalue weighted by Crippen LogP contribution is 2.27. The summed E-state index contributed by atoms with van der Waals surface area (Å²) in [5.74, 6) is -1.52. The molecule has 4 heterocycles. The van der Waals surface area contributed by atoms with E-state index in [-0.39, 0.29) is 17.6 Å². The summed E-state index contributed by atoms with van der Waals surface area (Å²) in [6, 6.07) is 0.864. The zero-order valence-corrected chi connectivity index (χ0v) is 17.0. The molecule has 4 rings (SSSR count). The van der Waals surface area contributed by atoms with E-state index >= 15 is 0 Å². The predicted octanol–water partition coefficient (Wildman–Crippen LogP) is 3.10. The molecule has 1 unspecified atom stereocenters. The predicted molar refractivity (Wildman–Crippen MR) is 108 cm³/mol. The van der Waals surface area contributed by atoms with E-state index in [1.165, 1.54) is 12.4 Å². The molecule has 0 spiro atoms. The van der Waals surface area contributed by atoms with Crippen molar-refractivity contribution in [3.8, 4) is 11.4 Å². The summed E-state index contributed by atoms with van der Waals surface area (Å²) in [5.41, 5.74) is 0.0191. The third kappa shape index (κ3) is 4.35. The topological polar surface area (TPSA) is 87.4 Å². The Morgan fingerprint density at radius 1 is 1.21 bits per heavy atom. The van der Waals surface area contributed by atoms with Crippen LogP contribution in [0.2, 0.25) is 0 Å². The lowest BCUT2D eigenvalue weighted by Gasteiger charge is -2.17. The maximum Gasteiger partial charge on any atom is 0.168 e. The number of aliphatic hydroxyl groups is 1. The zero-order chi connectivity index (χ0) is 21.2. The van der Waals surface area contributed by atoms with Gasteiger partial charge in [-0.15, -0.1) is 0 Å². The maximum absolute atomic E-state index is 14.5. The van der Waals surface area contributed by atoms with Crippen LogP contribution in [0.15, 0.2) is 24.7 Å². The van der Waals surface area contributed by atoms with Crippen molar-refractivity contribution in [2.45, 2.75) is 45.8 Å². The summed E-state index contributed by atoms with van der Waals surface area (Å²) >= 11 is 0. The highest BCUT2D eigenvalue weighted by Gasteiger charge is 2.23. The van der Waals surface area contributed by atoms with E-state index in [0.29, 0.717) is 23.6 Å². The molecule has 7 nitrogen and oxygen atoms in total. The number of hydrogen-bond donors (Lipinski definition) is 3. The fourth-order valence-corrected chi connectivity index (χ4v) is 3.10. The van der Waals surface area contributed by atoms with E-state index in [4.69, 9.17) is 0 Å². The number of nitrogens with zero attached hydrogens (tertiary/aromatic N) is 4. The van der Waals surface area contributed by atoms with E-state index in [2.05, 4.69) is 25.6 Å². The minimum Gasteiger partial charge on any atom is -0.384 e. The van der Waals surface area contributed by atoms with E-state index in [1.54, 1.807) is 24.4 Å². The van der Waals surface area contributed by atoms with Gasteiger partial charge in [0.25, 0.3) is 0 Å². The van der Waals surface area contributed by atoms with Gasteiger partial charge in [0.15, 0.2) is 23.1 Å². The molecule has 3 N–H and O–H groups in total. The number of nitrogens with one attached hydrogen (secondary N) is 2. The summed E-state index contributed by atoms with van der Waals surface area (Å²) in [6.07, 6.45) is 5.36. The van der Waals surface area contributed by atoms with Crippen LogP contribution >= 0.6 is 0 Å². The SMILES string of the molecule is CC.CC(C)(O)c1cn2c(-c3nc(NC4CCNC4)c(F)cc3F)cnc2cn1. The van der Waals surface area contributed by atoms with Crippen molar-refractivity contribution in [1.82, 2.24) is 24.7 Å². The third-order valence-electron chi connectivity index (χ3n) is 4.60. The molecule has 1 aliphatic rings. The van der Waals surface area contributed by atoms with Gasteiger partial charge >= 0.3 is 0 Å². The highest BCUT2D eigenvalue weighted by molar-refractivity contribution is 5.62. The monoisotopic (exact) mass is 404 g/mol. The molecule has 29 heavy (non-hydrogen) atoms. The first-order chi connectivity index (χ1) is 13.8. The lowest BCUT2D eigenvalue weighted by Crippen LogP contribution is -2.23. The number of rotatable bonds is 4. The van der Waals surface area contributed by atoms with Crippen LogP contribution in [0.25, 0.3) is 17.0 Å². The molecule has 0 saturated carbocycles. The van der Waals surface area contributed by atoms with Gasteiger partial charge in [0, 0.05) is 24.8 Å². The molecule has 9 heteroatoms. The summed E-state index contributed by atoms with van der Waals surface area (Å²) < 4.78 is 30.3. The molecule has 0 radical (unpaired) electrons. The Kier molecular flexibility index (Phi) is 6.09. The number of anilines is 1. The molecule has 156 valence electrons. The molecule has 1 saturated heterocycles. The largest absolute Gasteiger partial charge is 0.384 e. The van der Waals surface area contributed by atoms with Crippen molar-refractivity contribution in [3.63, 3.8) is 0 Å². The molecular formula is C20H26F2N6O. The van der Waals surface area contributed by atoms with Crippen LogP contribution in [0.5, 0.6) is 0 Å². The van der Waals surface area contributed by atoms with Crippen molar-refractivity contribution in [3.05, 3.63) is 42.0 Å². The van der Waals surface area contributed by atoms with Gasteiger partial charge in [-0.2, -0.15) is 0 Å². The third-order valence-corrected chi connectivity index (χ3v) is 4.60. The molecule has 1 fully saturated rings. The number of hydrogen-bond acceptors (Lipinski definition) is 6. The summed E-state index contributed by atoms with van der Waals surface area (Å²) in [5, 5.41) is 16.4. The Balaban J connectivity index is 0.00000117. The van der Waals surface area contributed by atoms with Crippen LogP contribution in [0.1, 0.15) is 39.8 Å². The second-order valence-electron chi connectivity index (χ2n) is 7.19. The minimum atomic E-state index is -1.17. The first-order valence-electron chi connectivity index (χ1n) is 9.72. The van der Waals surface area contributed by atoms with Gasteiger partial charge in [0.05, 0.1) is 23.8 Å². The van der Waals surface area contributed by atoms with Crippen molar-refractivity contribution in [2.75, 3.05) is 18.4 Å². The van der Waals surface area contributed by atoms with Crippen molar-refractivity contribution in [2.24, 2.45) is 0 Å². The van der Waals surface area contributed by atoms with Crippen molar-refractivity contribution in [1.29, 1.82) is 0 Å². The molecule has 0 aliphatic carbocycles. The molecule has 0 aromatic carbocycles. The standard InChI is InChI=1S/C18H20F2N6O.C2H6/c1-18(2,27)14-9-26-13(7-23-15(26)8-22-14)16-11(19)5-12(20)17(25-16)24-10-3-4-21-6-10;1-2/h5,7-10,21,27H,3-4,6H2,1-2H3,(H,24,25);1-2H3. The number of fused-ring (bicyclic) bond motifs is 1. The number of imidazole rings is 1. The number of pyridine rings is 1. The highest BCUT2D eigenvalue weighted by atomic mass is 19.1. The summed E-state index contributed by atoms with van der Waals surface area (Å²) in [6.45, 7) is 8.75. The Morgan fingerprint density at radius 2 is 1.97 bits per heavy atom. The van der Waals surface area contributed by atoms with Gasteiger partial charge < -0.3 is 15.7 Å². The molecule has 1 atom stereocenters. The van der Waals surface area contributed by atoms with Crippen LogP contribution in [0, 0.1) is 11.6 Å². The summed E-state index contributed by atoms with van der Waals surface area (Å²) in [7, 11) is 0. The Labute approximate surface area is 168 Å². The second-order valence-corrected chi connectivity index (χ2v) is 7.19. The Bertz CT molecular complexity index is 993. The zero-order valence-electron chi connectivity index (χ0n) is 17.0. The van der Waals surface area contributed by atoms with Gasteiger partial charge in [-0.1, -0.05) is 13.8 Å². The lowest BCUT2D eigenvalue weighted by atomic mass is 10.1. The maximum atomic E-state index is 14.5. The van der Waals surface area contributed by atoms with Gasteiger partial charge in [-0.25, -0.2) is 18.7 Å². The van der Waals surface area contributed by atoms with Crippen LogP contribution in [0.3, 0.4) is 0 Å². The smallest absolute Gasteiger partial charge is 0.168 e. The first-order valence-corrected chi connectivity index (χ1v) is 9.72. The summed E-state index contributed by atoms with van der Waals surface area (Å²) in [4.78, 5) is 12.6. The van der Waals surface area contributed by atoms with E-state index in [0.717, 1.165) is 19.0 Å². The normalized spacial score (nSPS) is 16.6. The molecule has 3 aromatic rings. The van der Waals surface area contributed by atoms with E-state index in [1.807, 2.05) is 13.8 Å². The van der Waals surface area contributed by atoms with Gasteiger partial charge in [0.1, 0.15) is 11.3 Å². The Morgan fingerprint density at radius 3 is 2.62 bits per heavy atom. The number of halogens is 2. The quantitative estimate of drug-likeness (QED) is 0.619. The van der Waals surface area contributed by atoms with Crippen molar-refractivity contribution >= 4 is 11.5 Å². The van der Waals surface area contributed by atoms with Crippen LogP contribution < -0.4 is 10.6 Å². The van der Waals surface area contributed by atoms with E-state index in [9.17, 15) is 13.9 Å². The van der Waals surface area contributed by atoms with E-state index < -0.39 is 17.2 Å².